The number of aromatic nitrogens is 1. The van der Waals surface area contributed by atoms with E-state index in [9.17, 15) is 4.79 Å². The highest BCUT2D eigenvalue weighted by molar-refractivity contribution is 7.13. The van der Waals surface area contributed by atoms with Crippen molar-refractivity contribution in [3.8, 4) is 0 Å². The van der Waals surface area contributed by atoms with Crippen LogP contribution in [0.15, 0.2) is 0 Å². The van der Waals surface area contributed by atoms with Gasteiger partial charge in [0, 0.05) is 37.5 Å². The van der Waals surface area contributed by atoms with Gasteiger partial charge < -0.3 is 11.5 Å². The maximum Gasteiger partial charge on any atom is 0.277 e. The lowest BCUT2D eigenvalue weighted by molar-refractivity contribution is 0.0999. The average molecular weight is 226 g/mol. The molecule has 0 unspecified atom stereocenters. The molecule has 1 aromatic rings. The van der Waals surface area contributed by atoms with Gasteiger partial charge in [0.15, 0.2) is 5.01 Å². The molecule has 0 radical (unpaired) electrons. The predicted molar refractivity (Wildman–Crippen MR) is 58.7 cm³/mol. The molecule has 0 spiro atoms. The fraction of sp³-hybridized carbons (Fsp3) is 0.556. The van der Waals surface area contributed by atoms with Gasteiger partial charge in [-0.15, -0.1) is 11.3 Å². The molecule has 2 heterocycles. The van der Waals surface area contributed by atoms with Crippen molar-refractivity contribution in [2.75, 3.05) is 19.6 Å². The van der Waals surface area contributed by atoms with E-state index >= 15 is 0 Å². The first kappa shape index (κ1) is 10.5. The minimum atomic E-state index is -0.431. The van der Waals surface area contributed by atoms with Crippen molar-refractivity contribution in [2.24, 2.45) is 11.5 Å². The monoisotopic (exact) mass is 226 g/mol. The number of hydrogen-bond acceptors (Lipinski definition) is 5. The summed E-state index contributed by atoms with van der Waals surface area (Å²) in [4.78, 5) is 18.6. The van der Waals surface area contributed by atoms with Crippen molar-refractivity contribution < 1.29 is 4.79 Å². The number of nitrogens with two attached hydrogens (primary N) is 2. The fourth-order valence-electron chi connectivity index (χ4n) is 1.73. The number of hydrogen-bond donors (Lipinski definition) is 2. The van der Waals surface area contributed by atoms with E-state index in [4.69, 9.17) is 11.5 Å². The predicted octanol–water partition coefficient (Wildman–Crippen LogP) is -0.441. The molecule has 82 valence electrons. The summed E-state index contributed by atoms with van der Waals surface area (Å²) in [6, 6.07) is 0. The van der Waals surface area contributed by atoms with Crippen LogP contribution < -0.4 is 11.5 Å². The van der Waals surface area contributed by atoms with Gasteiger partial charge in [0.05, 0.1) is 5.69 Å². The maximum atomic E-state index is 11.0. The molecule has 0 aliphatic carbocycles. The van der Waals surface area contributed by atoms with E-state index in [-0.39, 0.29) is 0 Å². The number of carbonyl (C=O) groups is 1. The Bertz CT molecular complexity index is 376. The smallest absolute Gasteiger partial charge is 0.277 e. The van der Waals surface area contributed by atoms with Gasteiger partial charge in [-0.25, -0.2) is 4.98 Å². The molecule has 1 amide bonds. The Morgan fingerprint density at radius 3 is 3.07 bits per heavy atom. The van der Waals surface area contributed by atoms with Crippen LogP contribution in [0.3, 0.4) is 0 Å². The molecule has 2 rings (SSSR count). The van der Waals surface area contributed by atoms with Gasteiger partial charge in [0.1, 0.15) is 0 Å². The zero-order valence-corrected chi connectivity index (χ0v) is 9.22. The molecular formula is C9H14N4OS. The van der Waals surface area contributed by atoms with Crippen molar-refractivity contribution in [3.05, 3.63) is 15.6 Å². The van der Waals surface area contributed by atoms with Gasteiger partial charge in [0.2, 0.25) is 0 Å². The number of thiazole rings is 1. The van der Waals surface area contributed by atoms with E-state index in [1.807, 2.05) is 0 Å². The minimum Gasteiger partial charge on any atom is -0.364 e. The highest BCUT2D eigenvalue weighted by Gasteiger charge is 2.21. The molecule has 1 aliphatic heterocycles. The topological polar surface area (TPSA) is 85.2 Å². The van der Waals surface area contributed by atoms with Crippen LogP contribution in [0.5, 0.6) is 0 Å². The maximum absolute atomic E-state index is 11.0. The minimum absolute atomic E-state index is 0.426. The van der Waals surface area contributed by atoms with E-state index < -0.39 is 5.91 Å². The number of fused-ring (bicyclic) bond motifs is 1. The first-order chi connectivity index (χ1) is 7.20. The van der Waals surface area contributed by atoms with Crippen molar-refractivity contribution in [2.45, 2.75) is 13.0 Å². The molecule has 0 saturated heterocycles. The average Bonchev–Trinajstić information content (AvgIpc) is 2.61. The Balaban J connectivity index is 2.15. The molecule has 5 nitrogen and oxygen atoms in total. The van der Waals surface area contributed by atoms with E-state index in [2.05, 4.69) is 9.88 Å². The number of carbonyl (C=O) groups excluding carboxylic acids is 1. The van der Waals surface area contributed by atoms with Crippen LogP contribution in [-0.2, 0) is 13.0 Å². The summed E-state index contributed by atoms with van der Waals surface area (Å²) in [5.74, 6) is -0.431. The highest BCUT2D eigenvalue weighted by Crippen LogP contribution is 2.24. The van der Waals surface area contributed by atoms with E-state index in [0.29, 0.717) is 11.6 Å². The van der Waals surface area contributed by atoms with Gasteiger partial charge in [-0.2, -0.15) is 0 Å². The third-order valence-electron chi connectivity index (χ3n) is 2.47. The molecule has 1 aromatic heterocycles. The molecular weight excluding hydrogens is 212 g/mol. The molecule has 0 aromatic carbocycles. The molecule has 0 saturated carbocycles. The van der Waals surface area contributed by atoms with E-state index in [1.165, 1.54) is 11.3 Å². The molecule has 1 aliphatic rings. The zero-order valence-electron chi connectivity index (χ0n) is 8.40. The van der Waals surface area contributed by atoms with Crippen LogP contribution in [-0.4, -0.2) is 35.4 Å². The third-order valence-corrected chi connectivity index (χ3v) is 3.56. The molecule has 0 atom stereocenters. The first-order valence-corrected chi connectivity index (χ1v) is 5.73. The first-order valence-electron chi connectivity index (χ1n) is 4.91. The Hall–Kier alpha value is -0.980. The SMILES string of the molecule is NCCN1CCc2nc(C(N)=O)sc2C1. The van der Waals surface area contributed by atoms with Crippen molar-refractivity contribution in [3.63, 3.8) is 0 Å². The summed E-state index contributed by atoms with van der Waals surface area (Å²) < 4.78 is 0. The van der Waals surface area contributed by atoms with Crippen LogP contribution >= 0.6 is 11.3 Å². The Kier molecular flexibility index (Phi) is 2.99. The quantitative estimate of drug-likeness (QED) is 0.731. The van der Waals surface area contributed by atoms with Gasteiger partial charge >= 0.3 is 0 Å². The van der Waals surface area contributed by atoms with Crippen LogP contribution in [0.25, 0.3) is 0 Å². The van der Waals surface area contributed by atoms with Crippen LogP contribution in [0.4, 0.5) is 0 Å². The Morgan fingerprint density at radius 2 is 2.40 bits per heavy atom. The highest BCUT2D eigenvalue weighted by atomic mass is 32.1. The number of rotatable bonds is 3. The van der Waals surface area contributed by atoms with Gasteiger partial charge in [0.25, 0.3) is 5.91 Å². The van der Waals surface area contributed by atoms with Gasteiger partial charge in [-0.05, 0) is 0 Å². The lowest BCUT2D eigenvalue weighted by Gasteiger charge is -2.24. The third kappa shape index (κ3) is 2.17. The molecule has 4 N–H and O–H groups in total. The summed E-state index contributed by atoms with van der Waals surface area (Å²) in [6.45, 7) is 3.36. The summed E-state index contributed by atoms with van der Waals surface area (Å²) >= 11 is 1.40. The number of amides is 1. The summed E-state index contributed by atoms with van der Waals surface area (Å²) in [5, 5.41) is 0.426. The van der Waals surface area contributed by atoms with Crippen molar-refractivity contribution in [1.29, 1.82) is 0 Å². The lowest BCUT2D eigenvalue weighted by Crippen LogP contribution is -2.33. The second-order valence-electron chi connectivity index (χ2n) is 3.57. The van der Waals surface area contributed by atoms with Crippen molar-refractivity contribution >= 4 is 17.2 Å². The number of nitrogens with zero attached hydrogens (tertiary/aromatic N) is 2. The molecule has 15 heavy (non-hydrogen) atoms. The summed E-state index contributed by atoms with van der Waals surface area (Å²) in [5.41, 5.74) is 11.7. The molecule has 0 bridgehead atoms. The van der Waals surface area contributed by atoms with E-state index in [0.717, 1.165) is 36.6 Å². The second-order valence-corrected chi connectivity index (χ2v) is 4.65. The van der Waals surface area contributed by atoms with Crippen molar-refractivity contribution in [1.82, 2.24) is 9.88 Å². The summed E-state index contributed by atoms with van der Waals surface area (Å²) in [6.07, 6.45) is 0.888. The normalized spacial score (nSPS) is 16.3. The zero-order chi connectivity index (χ0) is 10.8. The Labute approximate surface area is 92.1 Å². The molecule has 0 fully saturated rings. The van der Waals surface area contributed by atoms with Crippen LogP contribution in [0, 0.1) is 0 Å². The van der Waals surface area contributed by atoms with Crippen LogP contribution in [0.2, 0.25) is 0 Å². The molecule has 6 heteroatoms. The van der Waals surface area contributed by atoms with E-state index in [1.54, 1.807) is 0 Å². The standard InChI is InChI=1S/C9H14N4OS/c10-2-4-13-3-1-6-7(5-13)15-9(12-6)8(11)14/h1-5,10H2,(H2,11,14). The Morgan fingerprint density at radius 1 is 1.60 bits per heavy atom. The number of primary amides is 1. The summed E-state index contributed by atoms with van der Waals surface area (Å²) in [7, 11) is 0. The van der Waals surface area contributed by atoms with Gasteiger partial charge in [-0.1, -0.05) is 0 Å². The van der Waals surface area contributed by atoms with Gasteiger partial charge in [-0.3, -0.25) is 9.69 Å². The largest absolute Gasteiger partial charge is 0.364 e. The second kappa shape index (κ2) is 4.26. The lowest BCUT2D eigenvalue weighted by atomic mass is 10.2. The van der Waals surface area contributed by atoms with Crippen LogP contribution in [0.1, 0.15) is 20.4 Å². The fourth-order valence-corrected chi connectivity index (χ4v) is 2.73.